The Kier molecular flexibility index (Phi) is 6.19. The molecule has 0 radical (unpaired) electrons. The summed E-state index contributed by atoms with van der Waals surface area (Å²) < 4.78 is 16.3. The van der Waals surface area contributed by atoms with Gasteiger partial charge in [-0.25, -0.2) is 9.99 Å². The lowest BCUT2D eigenvalue weighted by atomic mass is 9.98. The Labute approximate surface area is 191 Å². The van der Waals surface area contributed by atoms with Gasteiger partial charge in [-0.05, 0) is 43.3 Å². The van der Waals surface area contributed by atoms with Crippen LogP contribution >= 0.6 is 11.6 Å². The summed E-state index contributed by atoms with van der Waals surface area (Å²) in [4.78, 5) is 17.0. The van der Waals surface area contributed by atoms with Crippen molar-refractivity contribution in [2.24, 2.45) is 5.10 Å². The van der Waals surface area contributed by atoms with Crippen LogP contribution in [0.2, 0.25) is 5.15 Å². The Hall–Kier alpha value is -3.32. The third-order valence-corrected chi connectivity index (χ3v) is 5.69. The van der Waals surface area contributed by atoms with E-state index in [4.69, 9.17) is 25.8 Å². The fourth-order valence-corrected chi connectivity index (χ4v) is 4.13. The van der Waals surface area contributed by atoms with E-state index in [1.54, 1.807) is 14.2 Å². The molecule has 2 heterocycles. The standard InChI is InChI=1S/C24H24ClN3O4/c1-5-32-17-8-6-15-10-18(24(25)26-19(15)12-17)21-13-20(27-28(21)14(2)29)16-7-9-22(30-3)23(11-16)31-4/h6-12,21H,5,13H2,1-4H3/t21-/m1/s1. The molecule has 166 valence electrons. The number of hydrazone groups is 1. The molecule has 32 heavy (non-hydrogen) atoms. The maximum absolute atomic E-state index is 12.4. The number of benzene rings is 2. The highest BCUT2D eigenvalue weighted by molar-refractivity contribution is 6.30. The van der Waals surface area contributed by atoms with Crippen LogP contribution in [0.25, 0.3) is 10.9 Å². The van der Waals surface area contributed by atoms with Gasteiger partial charge in [-0.1, -0.05) is 11.6 Å². The van der Waals surface area contributed by atoms with Gasteiger partial charge in [-0.3, -0.25) is 4.79 Å². The molecular weight excluding hydrogens is 430 g/mol. The lowest BCUT2D eigenvalue weighted by Gasteiger charge is -2.21. The zero-order chi connectivity index (χ0) is 22.8. The number of hydrogen-bond donors (Lipinski definition) is 0. The summed E-state index contributed by atoms with van der Waals surface area (Å²) >= 11 is 6.59. The second kappa shape index (κ2) is 9.04. The molecule has 1 aliphatic heterocycles. The fourth-order valence-electron chi connectivity index (χ4n) is 3.86. The molecule has 0 aliphatic carbocycles. The van der Waals surface area contributed by atoms with E-state index < -0.39 is 0 Å². The molecule has 0 spiro atoms. The molecule has 1 aromatic heterocycles. The summed E-state index contributed by atoms with van der Waals surface area (Å²) in [5.41, 5.74) is 3.09. The predicted molar refractivity (Wildman–Crippen MR) is 124 cm³/mol. The molecule has 1 atom stereocenters. The molecule has 8 heteroatoms. The molecule has 0 saturated heterocycles. The molecule has 0 N–H and O–H groups in total. The first-order valence-electron chi connectivity index (χ1n) is 10.3. The second-order valence-electron chi connectivity index (χ2n) is 7.36. The third-order valence-electron chi connectivity index (χ3n) is 5.39. The number of aromatic nitrogens is 1. The predicted octanol–water partition coefficient (Wildman–Crippen LogP) is 5.00. The van der Waals surface area contributed by atoms with Crippen molar-refractivity contribution in [1.82, 2.24) is 9.99 Å². The highest BCUT2D eigenvalue weighted by atomic mass is 35.5. The van der Waals surface area contributed by atoms with Crippen molar-refractivity contribution in [1.29, 1.82) is 0 Å². The lowest BCUT2D eigenvalue weighted by Crippen LogP contribution is -2.24. The minimum Gasteiger partial charge on any atom is -0.494 e. The molecule has 0 fully saturated rings. The third kappa shape index (κ3) is 4.08. The summed E-state index contributed by atoms with van der Waals surface area (Å²) in [5.74, 6) is 1.79. The van der Waals surface area contributed by atoms with Gasteiger partial charge in [0.15, 0.2) is 11.5 Å². The number of carbonyl (C=O) groups excluding carboxylic acids is 1. The normalized spacial score (nSPS) is 15.6. The van der Waals surface area contributed by atoms with Crippen LogP contribution in [0.15, 0.2) is 47.6 Å². The largest absolute Gasteiger partial charge is 0.494 e. The number of carbonyl (C=O) groups is 1. The Morgan fingerprint density at radius 2 is 1.91 bits per heavy atom. The quantitative estimate of drug-likeness (QED) is 0.491. The first-order chi connectivity index (χ1) is 15.4. The van der Waals surface area contributed by atoms with Crippen molar-refractivity contribution >= 4 is 34.1 Å². The van der Waals surface area contributed by atoms with Gasteiger partial charge in [-0.15, -0.1) is 0 Å². The van der Waals surface area contributed by atoms with Gasteiger partial charge in [0.2, 0.25) is 5.91 Å². The van der Waals surface area contributed by atoms with Crippen LogP contribution in [0.5, 0.6) is 17.2 Å². The number of hydrogen-bond acceptors (Lipinski definition) is 6. The SMILES string of the molecule is CCOc1ccc2cc([C@H]3CC(c4ccc(OC)c(OC)c4)=NN3C(C)=O)c(Cl)nc2c1. The number of rotatable bonds is 6. The van der Waals surface area contributed by atoms with E-state index in [0.717, 1.165) is 33.5 Å². The van der Waals surface area contributed by atoms with Crippen molar-refractivity contribution < 1.29 is 19.0 Å². The molecule has 1 aliphatic rings. The van der Waals surface area contributed by atoms with Crippen molar-refractivity contribution in [3.8, 4) is 17.2 Å². The Morgan fingerprint density at radius 3 is 2.59 bits per heavy atom. The summed E-state index contributed by atoms with van der Waals surface area (Å²) in [6.45, 7) is 3.99. The molecule has 3 aromatic rings. The second-order valence-corrected chi connectivity index (χ2v) is 7.71. The van der Waals surface area contributed by atoms with Gasteiger partial charge in [0.1, 0.15) is 10.9 Å². The van der Waals surface area contributed by atoms with Crippen LogP contribution in [0.3, 0.4) is 0 Å². The van der Waals surface area contributed by atoms with Crippen LogP contribution in [-0.2, 0) is 4.79 Å². The Balaban J connectivity index is 1.71. The molecule has 7 nitrogen and oxygen atoms in total. The number of fused-ring (bicyclic) bond motifs is 1. The highest BCUT2D eigenvalue weighted by Gasteiger charge is 2.33. The van der Waals surface area contributed by atoms with Crippen molar-refractivity contribution in [3.63, 3.8) is 0 Å². The Morgan fingerprint density at radius 1 is 1.12 bits per heavy atom. The Bertz CT molecular complexity index is 1210. The number of ether oxygens (including phenoxy) is 3. The maximum atomic E-state index is 12.4. The van der Waals surface area contributed by atoms with Crippen molar-refractivity contribution in [3.05, 3.63) is 58.7 Å². The van der Waals surface area contributed by atoms with Gasteiger partial charge in [0.25, 0.3) is 0 Å². The smallest absolute Gasteiger partial charge is 0.240 e. The molecule has 4 rings (SSSR count). The van der Waals surface area contributed by atoms with Crippen molar-refractivity contribution in [2.75, 3.05) is 20.8 Å². The van der Waals surface area contributed by atoms with Crippen LogP contribution in [-0.4, -0.2) is 42.4 Å². The number of nitrogens with zero attached hydrogens (tertiary/aromatic N) is 3. The van der Waals surface area contributed by atoms with E-state index in [1.165, 1.54) is 11.9 Å². The lowest BCUT2D eigenvalue weighted by molar-refractivity contribution is -0.130. The number of amides is 1. The van der Waals surface area contributed by atoms with Gasteiger partial charge >= 0.3 is 0 Å². The van der Waals surface area contributed by atoms with E-state index in [-0.39, 0.29) is 11.9 Å². The van der Waals surface area contributed by atoms with E-state index in [9.17, 15) is 4.79 Å². The van der Waals surface area contributed by atoms with Crippen LogP contribution in [0, 0.1) is 0 Å². The van der Waals surface area contributed by atoms with E-state index in [0.29, 0.717) is 29.7 Å². The van der Waals surface area contributed by atoms with Gasteiger partial charge in [0.05, 0.1) is 38.1 Å². The molecule has 2 aromatic carbocycles. The average Bonchev–Trinajstić information content (AvgIpc) is 3.24. The fraction of sp³-hybridized carbons (Fsp3) is 0.292. The average molecular weight is 454 g/mol. The summed E-state index contributed by atoms with van der Waals surface area (Å²) in [7, 11) is 3.17. The van der Waals surface area contributed by atoms with E-state index in [1.807, 2.05) is 49.4 Å². The maximum Gasteiger partial charge on any atom is 0.240 e. The highest BCUT2D eigenvalue weighted by Crippen LogP contribution is 2.38. The van der Waals surface area contributed by atoms with E-state index >= 15 is 0 Å². The minimum atomic E-state index is -0.355. The monoisotopic (exact) mass is 453 g/mol. The summed E-state index contributed by atoms with van der Waals surface area (Å²) in [6, 6.07) is 12.9. The number of halogens is 1. The summed E-state index contributed by atoms with van der Waals surface area (Å²) in [6.07, 6.45) is 0.499. The molecule has 0 bridgehead atoms. The van der Waals surface area contributed by atoms with Gasteiger partial charge in [0, 0.05) is 35.9 Å². The van der Waals surface area contributed by atoms with Gasteiger partial charge < -0.3 is 14.2 Å². The minimum absolute atomic E-state index is 0.173. The van der Waals surface area contributed by atoms with E-state index in [2.05, 4.69) is 10.1 Å². The topological polar surface area (TPSA) is 73.2 Å². The first-order valence-corrected chi connectivity index (χ1v) is 10.7. The number of methoxy groups -OCH3 is 2. The van der Waals surface area contributed by atoms with Crippen LogP contribution in [0.4, 0.5) is 0 Å². The molecule has 1 amide bonds. The first kappa shape index (κ1) is 21.9. The van der Waals surface area contributed by atoms with Crippen LogP contribution in [0.1, 0.15) is 37.4 Å². The summed E-state index contributed by atoms with van der Waals surface area (Å²) in [5, 5.41) is 7.32. The molecule has 0 unspecified atom stereocenters. The zero-order valence-corrected chi connectivity index (χ0v) is 19.1. The molecule has 0 saturated carbocycles. The van der Waals surface area contributed by atoms with Crippen LogP contribution < -0.4 is 14.2 Å². The zero-order valence-electron chi connectivity index (χ0n) is 18.4. The molecular formula is C24H24ClN3O4. The number of pyridine rings is 1. The van der Waals surface area contributed by atoms with Gasteiger partial charge in [-0.2, -0.15) is 5.10 Å². The van der Waals surface area contributed by atoms with Crippen molar-refractivity contribution in [2.45, 2.75) is 26.3 Å².